The minimum Gasteiger partial charge on any atom is -0.467 e. The molecule has 0 amide bonds. The van der Waals surface area contributed by atoms with Crippen LogP contribution in [-0.4, -0.2) is 13.1 Å². The highest BCUT2D eigenvalue weighted by molar-refractivity contribution is 9.11. The maximum atomic E-state index is 11.6. The number of esters is 1. The van der Waals surface area contributed by atoms with Gasteiger partial charge in [-0.05, 0) is 40.4 Å². The highest BCUT2D eigenvalue weighted by atomic mass is 79.9. The topological polar surface area (TPSA) is 52.3 Å². The van der Waals surface area contributed by atoms with Crippen molar-refractivity contribution in [3.8, 4) is 0 Å². The third kappa shape index (κ3) is 1.31. The van der Waals surface area contributed by atoms with Gasteiger partial charge in [-0.15, -0.1) is 11.3 Å². The first-order chi connectivity index (χ1) is 6.58. The van der Waals surface area contributed by atoms with Crippen molar-refractivity contribution >= 4 is 33.2 Å². The van der Waals surface area contributed by atoms with Crippen LogP contribution in [-0.2, 0) is 21.5 Å². The number of carbonyl (C=O) groups is 1. The van der Waals surface area contributed by atoms with E-state index >= 15 is 0 Å². The third-order valence-corrected chi connectivity index (χ3v) is 4.38. The average molecular weight is 276 g/mol. The number of thiophene rings is 1. The van der Waals surface area contributed by atoms with Crippen LogP contribution in [0, 0.1) is 0 Å². The number of hydrogen-bond acceptors (Lipinski definition) is 4. The van der Waals surface area contributed by atoms with E-state index in [1.165, 1.54) is 18.4 Å². The summed E-state index contributed by atoms with van der Waals surface area (Å²) in [5, 5.41) is 0. The van der Waals surface area contributed by atoms with Crippen LogP contribution in [0.4, 0.5) is 0 Å². The first-order valence-electron chi connectivity index (χ1n) is 4.24. The van der Waals surface area contributed by atoms with Gasteiger partial charge in [-0.25, -0.2) is 4.79 Å². The van der Waals surface area contributed by atoms with E-state index in [1.54, 1.807) is 0 Å². The Morgan fingerprint density at radius 3 is 3.14 bits per heavy atom. The number of aryl methyl sites for hydroxylation is 1. The molecule has 1 aliphatic rings. The molecule has 76 valence electrons. The summed E-state index contributed by atoms with van der Waals surface area (Å²) >= 11 is 4.91. The van der Waals surface area contributed by atoms with Crippen LogP contribution in [0.15, 0.2) is 9.85 Å². The van der Waals surface area contributed by atoms with Gasteiger partial charge in [0.2, 0.25) is 0 Å². The number of carbonyl (C=O) groups excluding carboxylic acids is 1. The summed E-state index contributed by atoms with van der Waals surface area (Å²) in [4.78, 5) is 12.5. The Balaban J connectivity index is 2.45. The summed E-state index contributed by atoms with van der Waals surface area (Å²) in [5.41, 5.74) is 6.30. The predicted octanol–water partition coefficient (Wildman–Crippen LogP) is 1.78. The fraction of sp³-hybridized carbons (Fsp3) is 0.444. The van der Waals surface area contributed by atoms with Gasteiger partial charge in [0, 0.05) is 4.88 Å². The molecule has 2 rings (SSSR count). The second kappa shape index (κ2) is 3.32. The monoisotopic (exact) mass is 275 g/mol. The smallest absolute Gasteiger partial charge is 0.331 e. The Hall–Kier alpha value is -0.390. The Morgan fingerprint density at radius 1 is 1.79 bits per heavy atom. The number of ether oxygens (including phenoxy) is 1. The molecule has 5 heteroatoms. The average Bonchev–Trinajstić information content (AvgIpc) is 2.66. The van der Waals surface area contributed by atoms with Gasteiger partial charge in [0.25, 0.3) is 0 Å². The molecule has 0 spiro atoms. The van der Waals surface area contributed by atoms with Gasteiger partial charge >= 0.3 is 5.97 Å². The van der Waals surface area contributed by atoms with Crippen LogP contribution >= 0.6 is 27.3 Å². The summed E-state index contributed by atoms with van der Waals surface area (Å²) in [6.45, 7) is 0. The SMILES string of the molecule is COC(=O)C1(N)CCc2cc(Br)sc21. The lowest BCUT2D eigenvalue weighted by Crippen LogP contribution is -2.43. The highest BCUT2D eigenvalue weighted by Crippen LogP contribution is 2.42. The van der Waals surface area contributed by atoms with Gasteiger partial charge in [0.15, 0.2) is 0 Å². The lowest BCUT2D eigenvalue weighted by Gasteiger charge is -2.20. The Bertz CT molecular complexity index is 390. The number of fused-ring (bicyclic) bond motifs is 1. The quantitative estimate of drug-likeness (QED) is 0.795. The number of methoxy groups -OCH3 is 1. The molecule has 0 radical (unpaired) electrons. The predicted molar refractivity (Wildman–Crippen MR) is 58.2 cm³/mol. The van der Waals surface area contributed by atoms with Gasteiger partial charge < -0.3 is 10.5 Å². The molecule has 1 aliphatic carbocycles. The highest BCUT2D eigenvalue weighted by Gasteiger charge is 2.44. The molecule has 0 aromatic carbocycles. The zero-order chi connectivity index (χ0) is 10.3. The summed E-state index contributed by atoms with van der Waals surface area (Å²) in [6.07, 6.45) is 1.50. The van der Waals surface area contributed by atoms with Gasteiger partial charge in [-0.3, -0.25) is 0 Å². The van der Waals surface area contributed by atoms with Crippen molar-refractivity contribution in [3.63, 3.8) is 0 Å². The molecule has 0 fully saturated rings. The molecule has 14 heavy (non-hydrogen) atoms. The van der Waals surface area contributed by atoms with Gasteiger partial charge in [0.1, 0.15) is 5.54 Å². The van der Waals surface area contributed by atoms with Crippen molar-refractivity contribution in [1.29, 1.82) is 0 Å². The summed E-state index contributed by atoms with van der Waals surface area (Å²) < 4.78 is 5.75. The van der Waals surface area contributed by atoms with E-state index in [0.29, 0.717) is 6.42 Å². The van der Waals surface area contributed by atoms with Crippen molar-refractivity contribution in [3.05, 3.63) is 20.3 Å². The number of nitrogens with two attached hydrogens (primary N) is 1. The van der Waals surface area contributed by atoms with Gasteiger partial charge in [0.05, 0.1) is 10.9 Å². The Kier molecular flexibility index (Phi) is 2.41. The molecule has 1 aromatic rings. The number of hydrogen-bond donors (Lipinski definition) is 1. The molecule has 3 nitrogen and oxygen atoms in total. The standard InChI is InChI=1S/C9H10BrNO2S/c1-13-8(12)9(11)3-2-5-4-6(10)14-7(5)9/h4H,2-3,11H2,1H3. The minimum absolute atomic E-state index is 0.342. The normalized spacial score (nSPS) is 24.8. The van der Waals surface area contributed by atoms with Crippen molar-refractivity contribution < 1.29 is 9.53 Å². The van der Waals surface area contributed by atoms with Crippen molar-refractivity contribution in [2.24, 2.45) is 5.73 Å². The van der Waals surface area contributed by atoms with Gasteiger partial charge in [-0.2, -0.15) is 0 Å². The first kappa shape index (κ1) is 10.1. The molecule has 0 aliphatic heterocycles. The van der Waals surface area contributed by atoms with E-state index in [9.17, 15) is 4.79 Å². The fourth-order valence-corrected chi connectivity index (χ4v) is 3.60. The fourth-order valence-electron chi connectivity index (χ4n) is 1.78. The van der Waals surface area contributed by atoms with Crippen molar-refractivity contribution in [2.75, 3.05) is 7.11 Å². The van der Waals surface area contributed by atoms with E-state index in [2.05, 4.69) is 15.9 Å². The lowest BCUT2D eigenvalue weighted by atomic mass is 10.0. The molecule has 1 aromatic heterocycles. The van der Waals surface area contributed by atoms with E-state index in [0.717, 1.165) is 20.6 Å². The first-order valence-corrected chi connectivity index (χ1v) is 5.85. The maximum Gasteiger partial charge on any atom is 0.331 e. The minimum atomic E-state index is -0.916. The van der Waals surface area contributed by atoms with Crippen LogP contribution in [0.5, 0.6) is 0 Å². The molecular weight excluding hydrogens is 266 g/mol. The zero-order valence-electron chi connectivity index (χ0n) is 7.67. The van der Waals surface area contributed by atoms with Crippen LogP contribution in [0.3, 0.4) is 0 Å². The van der Waals surface area contributed by atoms with Crippen LogP contribution in [0.2, 0.25) is 0 Å². The zero-order valence-corrected chi connectivity index (χ0v) is 10.1. The molecule has 0 bridgehead atoms. The van der Waals surface area contributed by atoms with Crippen LogP contribution < -0.4 is 5.73 Å². The Labute approximate surface area is 94.4 Å². The largest absolute Gasteiger partial charge is 0.467 e. The second-order valence-corrected chi connectivity index (χ2v) is 5.80. The molecular formula is C9H10BrNO2S. The maximum absolute atomic E-state index is 11.6. The molecule has 1 unspecified atom stereocenters. The molecule has 1 atom stereocenters. The molecule has 0 saturated carbocycles. The van der Waals surface area contributed by atoms with Crippen molar-refractivity contribution in [1.82, 2.24) is 0 Å². The van der Waals surface area contributed by atoms with E-state index < -0.39 is 5.54 Å². The second-order valence-electron chi connectivity index (χ2n) is 3.37. The van der Waals surface area contributed by atoms with E-state index in [4.69, 9.17) is 10.5 Å². The Morgan fingerprint density at radius 2 is 2.50 bits per heavy atom. The molecule has 0 saturated heterocycles. The van der Waals surface area contributed by atoms with Crippen molar-refractivity contribution in [2.45, 2.75) is 18.4 Å². The van der Waals surface area contributed by atoms with Crippen LogP contribution in [0.1, 0.15) is 16.9 Å². The van der Waals surface area contributed by atoms with Gasteiger partial charge in [-0.1, -0.05) is 0 Å². The number of halogens is 1. The lowest BCUT2D eigenvalue weighted by molar-refractivity contribution is -0.147. The third-order valence-electron chi connectivity index (χ3n) is 2.52. The van der Waals surface area contributed by atoms with Crippen LogP contribution in [0.25, 0.3) is 0 Å². The molecule has 1 heterocycles. The molecule has 2 N–H and O–H groups in total. The van der Waals surface area contributed by atoms with E-state index in [-0.39, 0.29) is 5.97 Å². The van der Waals surface area contributed by atoms with E-state index in [1.807, 2.05) is 6.07 Å². The summed E-state index contributed by atoms with van der Waals surface area (Å²) in [5.74, 6) is -0.342. The number of rotatable bonds is 1. The summed E-state index contributed by atoms with van der Waals surface area (Å²) in [7, 11) is 1.37. The summed E-state index contributed by atoms with van der Waals surface area (Å²) in [6, 6.07) is 2.03.